The van der Waals surface area contributed by atoms with Gasteiger partial charge in [0.25, 0.3) is 0 Å². The molecule has 0 N–H and O–H groups in total. The standard InChI is InChI=1S/CH2O3.Li.O.Ti/c2-1(3)4;;;/h(H2,2,3,4);;;/q;+1;-2;+4/p-2. The molecule has 32 valence electrons. The fourth-order valence-electron chi connectivity index (χ4n) is 0. The summed E-state index contributed by atoms with van der Waals surface area (Å²) < 4.78 is 0. The van der Waals surface area contributed by atoms with E-state index in [0.29, 0.717) is 0 Å². The minimum atomic E-state index is -2.33. The minimum Gasteiger partial charge on any atom is -2.00 e. The zero-order valence-corrected chi connectivity index (χ0v) is 5.19. The molecule has 0 aromatic rings. The molecule has 0 rings (SSSR count). The van der Waals surface area contributed by atoms with Crippen molar-refractivity contribution in [3.05, 3.63) is 0 Å². The van der Waals surface area contributed by atoms with Crippen LogP contribution in [-0.4, -0.2) is 6.16 Å². The Morgan fingerprint density at radius 1 is 1.29 bits per heavy atom. The monoisotopic (exact) mass is 131 g/mol. The van der Waals surface area contributed by atoms with E-state index in [4.69, 9.17) is 15.0 Å². The molecule has 0 heterocycles. The van der Waals surface area contributed by atoms with Gasteiger partial charge in [0.2, 0.25) is 0 Å². The summed E-state index contributed by atoms with van der Waals surface area (Å²) in [5, 5.41) is 16.7. The van der Waals surface area contributed by atoms with Crippen molar-refractivity contribution in [3.8, 4) is 0 Å². The van der Waals surface area contributed by atoms with E-state index < -0.39 is 6.16 Å². The van der Waals surface area contributed by atoms with E-state index in [9.17, 15) is 0 Å². The molecule has 6 heteroatoms. The summed E-state index contributed by atoms with van der Waals surface area (Å²) in [7, 11) is 0. The zero-order chi connectivity index (χ0) is 3.58. The van der Waals surface area contributed by atoms with Crippen molar-refractivity contribution in [2.45, 2.75) is 0 Å². The summed E-state index contributed by atoms with van der Waals surface area (Å²) in [5.74, 6) is 0. The van der Waals surface area contributed by atoms with Crippen LogP contribution in [0.3, 0.4) is 0 Å². The summed E-state index contributed by atoms with van der Waals surface area (Å²) in [6, 6.07) is 0. The molecule has 0 atom stereocenters. The summed E-state index contributed by atoms with van der Waals surface area (Å²) in [4.78, 5) is 8.33. The van der Waals surface area contributed by atoms with E-state index in [1.807, 2.05) is 0 Å². The maximum absolute atomic E-state index is 8.33. The summed E-state index contributed by atoms with van der Waals surface area (Å²) in [6.07, 6.45) is -2.33. The second-order valence-electron chi connectivity index (χ2n) is 0.250. The Balaban J connectivity index is -0.0000000150. The quantitative estimate of drug-likeness (QED) is 0.307. The van der Waals surface area contributed by atoms with Gasteiger partial charge in [0.1, 0.15) is 0 Å². The maximum Gasteiger partial charge on any atom is 4.00 e. The first-order chi connectivity index (χ1) is 1.73. The van der Waals surface area contributed by atoms with E-state index in [1.165, 1.54) is 0 Å². The van der Waals surface area contributed by atoms with Crippen LogP contribution in [0, 0.1) is 0 Å². The van der Waals surface area contributed by atoms with E-state index in [0.717, 1.165) is 0 Å². The van der Waals surface area contributed by atoms with Crippen LogP contribution in [0.5, 0.6) is 0 Å². The number of hydrogen-bond acceptors (Lipinski definition) is 3. The average molecular weight is 131 g/mol. The van der Waals surface area contributed by atoms with E-state index in [1.54, 1.807) is 0 Å². The van der Waals surface area contributed by atoms with Crippen molar-refractivity contribution in [3.63, 3.8) is 0 Å². The van der Waals surface area contributed by atoms with Gasteiger partial charge >= 0.3 is 40.6 Å². The Hall–Kier alpha value is 0.542. The van der Waals surface area contributed by atoms with E-state index >= 15 is 0 Å². The van der Waals surface area contributed by atoms with Crippen LogP contribution >= 0.6 is 0 Å². The number of hydrogen-bond donors (Lipinski definition) is 0. The van der Waals surface area contributed by atoms with Crippen LogP contribution in [0.4, 0.5) is 4.79 Å². The number of carbonyl (C=O) groups excluding carboxylic acids is 1. The van der Waals surface area contributed by atoms with Gasteiger partial charge in [-0.15, -0.1) is 0 Å². The van der Waals surface area contributed by atoms with Crippen LogP contribution in [-0.2, 0) is 27.2 Å². The largest absolute Gasteiger partial charge is 4.00 e. The fraction of sp³-hybridized carbons (Fsp3) is 0. The molecule has 0 saturated carbocycles. The van der Waals surface area contributed by atoms with E-state index in [2.05, 4.69) is 0 Å². The van der Waals surface area contributed by atoms with Crippen LogP contribution in [0.1, 0.15) is 0 Å². The molecule has 0 amide bonds. The molecule has 0 spiro atoms. The topological polar surface area (TPSA) is 91.7 Å². The van der Waals surface area contributed by atoms with Crippen molar-refractivity contribution < 1.29 is 61.1 Å². The molecular formula is CLiO4Ti+. The third-order valence-corrected chi connectivity index (χ3v) is 0. The second-order valence-corrected chi connectivity index (χ2v) is 0.250. The van der Waals surface area contributed by atoms with Crippen LogP contribution < -0.4 is 29.1 Å². The Morgan fingerprint density at radius 3 is 1.29 bits per heavy atom. The summed E-state index contributed by atoms with van der Waals surface area (Å²) in [5.41, 5.74) is 0. The Bertz CT molecular complexity index is 34.7. The molecule has 0 radical (unpaired) electrons. The van der Waals surface area contributed by atoms with Gasteiger partial charge < -0.3 is 20.5 Å². The molecule has 0 aliphatic carbocycles. The van der Waals surface area contributed by atoms with Crippen molar-refractivity contribution in [2.24, 2.45) is 0 Å². The summed E-state index contributed by atoms with van der Waals surface area (Å²) >= 11 is 0. The molecule has 0 fully saturated rings. The predicted octanol–water partition coefficient (Wildman–Crippen LogP) is -5.56. The van der Waals surface area contributed by atoms with Crippen molar-refractivity contribution in [1.82, 2.24) is 0 Å². The molecule has 0 aromatic carbocycles. The minimum absolute atomic E-state index is 0. The number of carbonyl (C=O) groups is 1. The Labute approximate surface area is 67.3 Å². The van der Waals surface area contributed by atoms with E-state index in [-0.39, 0.29) is 46.1 Å². The smallest absolute Gasteiger partial charge is 2.00 e. The van der Waals surface area contributed by atoms with Gasteiger partial charge in [-0.25, -0.2) is 0 Å². The van der Waals surface area contributed by atoms with Gasteiger partial charge in [-0.2, -0.15) is 0 Å². The van der Waals surface area contributed by atoms with Crippen LogP contribution in [0.2, 0.25) is 0 Å². The molecule has 0 saturated heterocycles. The Morgan fingerprint density at radius 2 is 1.29 bits per heavy atom. The van der Waals surface area contributed by atoms with Gasteiger partial charge in [-0.3, -0.25) is 0 Å². The second kappa shape index (κ2) is 16.0. The third-order valence-electron chi connectivity index (χ3n) is 0. The average Bonchev–Trinajstić information content (AvgIpc) is 0.811. The molecule has 0 bridgehead atoms. The van der Waals surface area contributed by atoms with Crippen molar-refractivity contribution in [2.75, 3.05) is 0 Å². The van der Waals surface area contributed by atoms with Gasteiger partial charge in [0.05, 0.1) is 0 Å². The van der Waals surface area contributed by atoms with Crippen LogP contribution in [0.15, 0.2) is 0 Å². The number of rotatable bonds is 0. The zero-order valence-electron chi connectivity index (χ0n) is 3.63. The molecule has 0 aromatic heterocycles. The predicted molar refractivity (Wildman–Crippen MR) is 6.08 cm³/mol. The van der Waals surface area contributed by atoms with Gasteiger partial charge in [0, 0.05) is 0 Å². The molecular weight excluding hydrogens is 131 g/mol. The maximum atomic E-state index is 8.33. The van der Waals surface area contributed by atoms with Crippen molar-refractivity contribution >= 4 is 6.16 Å². The first-order valence-electron chi connectivity index (χ1n) is 0.612. The van der Waals surface area contributed by atoms with Crippen molar-refractivity contribution in [1.29, 1.82) is 0 Å². The van der Waals surface area contributed by atoms with Gasteiger partial charge in [0.15, 0.2) is 0 Å². The Kier molecular flexibility index (Phi) is 58.9. The molecule has 0 aliphatic heterocycles. The first kappa shape index (κ1) is 25.7. The van der Waals surface area contributed by atoms with Gasteiger partial charge in [-0.05, 0) is 6.16 Å². The van der Waals surface area contributed by atoms with Gasteiger partial charge in [-0.1, -0.05) is 0 Å². The number of carboxylic acid groups (broad SMARTS) is 2. The SMILES string of the molecule is O=C([O-])[O-].[Li+].[O-2].[Ti+4]. The first-order valence-corrected chi connectivity index (χ1v) is 0.612. The fourth-order valence-corrected chi connectivity index (χ4v) is 0. The molecule has 0 aliphatic rings. The normalized spacial score (nSPS) is 3.43. The van der Waals surface area contributed by atoms with Crippen LogP contribution in [0.25, 0.3) is 0 Å². The molecule has 7 heavy (non-hydrogen) atoms. The molecule has 0 unspecified atom stereocenters. The summed E-state index contributed by atoms with van der Waals surface area (Å²) in [6.45, 7) is 0. The molecule has 4 nitrogen and oxygen atoms in total. The third kappa shape index (κ3) is 460.